The molecule has 0 bridgehead atoms. The third kappa shape index (κ3) is 2.74. The third-order valence-electron chi connectivity index (χ3n) is 5.33. The second-order valence-electron chi connectivity index (χ2n) is 7.15. The van der Waals surface area contributed by atoms with E-state index in [9.17, 15) is 14.7 Å². The number of carbonyl (C=O) groups is 2. The van der Waals surface area contributed by atoms with Crippen LogP contribution in [0.4, 0.5) is 10.5 Å². The van der Waals surface area contributed by atoms with Gasteiger partial charge in [0.05, 0.1) is 19.3 Å². The van der Waals surface area contributed by atoms with E-state index in [0.717, 1.165) is 16.2 Å². The Hall–Kier alpha value is -2.65. The third-order valence-corrected chi connectivity index (χ3v) is 5.33. The highest BCUT2D eigenvalue weighted by molar-refractivity contribution is 6.08. The fourth-order valence-electron chi connectivity index (χ4n) is 3.84. The molecule has 9 nitrogen and oxygen atoms in total. The highest BCUT2D eigenvalue weighted by atomic mass is 16.3. The van der Waals surface area contributed by atoms with E-state index in [4.69, 9.17) is 5.11 Å². The lowest BCUT2D eigenvalue weighted by Gasteiger charge is -2.40. The summed E-state index contributed by atoms with van der Waals surface area (Å²) in [6.07, 6.45) is -1.75. The quantitative estimate of drug-likeness (QED) is 0.733. The van der Waals surface area contributed by atoms with Crippen molar-refractivity contribution in [2.45, 2.75) is 25.2 Å². The number of urea groups is 1. The first-order valence-corrected chi connectivity index (χ1v) is 8.98. The summed E-state index contributed by atoms with van der Waals surface area (Å²) < 4.78 is 0. The summed E-state index contributed by atoms with van der Waals surface area (Å²) in [6, 6.07) is 6.97. The zero-order valence-corrected chi connectivity index (χ0v) is 15.3. The van der Waals surface area contributed by atoms with Crippen molar-refractivity contribution in [3.05, 3.63) is 29.8 Å². The van der Waals surface area contributed by atoms with Gasteiger partial charge in [-0.15, -0.1) is 0 Å². The van der Waals surface area contributed by atoms with Crippen molar-refractivity contribution in [3.63, 3.8) is 0 Å². The molecule has 1 aromatic carbocycles. The van der Waals surface area contributed by atoms with Gasteiger partial charge in [0.2, 0.25) is 5.96 Å². The zero-order valence-electron chi connectivity index (χ0n) is 15.3. The second-order valence-corrected chi connectivity index (χ2v) is 7.15. The van der Waals surface area contributed by atoms with Crippen LogP contribution < -0.4 is 4.90 Å². The smallest absolute Gasteiger partial charge is 0.328 e. The molecule has 3 aliphatic heterocycles. The molecule has 0 radical (unpaired) electrons. The molecule has 27 heavy (non-hydrogen) atoms. The number of carbonyl (C=O) groups excluding carboxylic acids is 2. The molecule has 0 aliphatic carbocycles. The van der Waals surface area contributed by atoms with Gasteiger partial charge in [-0.3, -0.25) is 9.69 Å². The average Bonchev–Trinajstić information content (AvgIpc) is 3.23. The molecular weight excluding hydrogens is 350 g/mol. The van der Waals surface area contributed by atoms with Crippen molar-refractivity contribution in [1.29, 1.82) is 0 Å². The normalized spacial score (nSPS) is 25.7. The lowest BCUT2D eigenvalue weighted by molar-refractivity contribution is -0.138. The number of rotatable bonds is 4. The molecule has 144 valence electrons. The van der Waals surface area contributed by atoms with Gasteiger partial charge >= 0.3 is 6.03 Å². The number of fused-ring (bicyclic) bond motifs is 3. The number of hydrogen-bond acceptors (Lipinski definition) is 7. The fourth-order valence-corrected chi connectivity index (χ4v) is 3.84. The van der Waals surface area contributed by atoms with Crippen LogP contribution in [0.25, 0.3) is 0 Å². The number of anilines is 1. The van der Waals surface area contributed by atoms with Gasteiger partial charge in [0.15, 0.2) is 12.2 Å². The molecule has 3 aliphatic rings. The van der Waals surface area contributed by atoms with E-state index in [-0.39, 0.29) is 12.5 Å². The Balaban J connectivity index is 1.62. The average molecular weight is 373 g/mol. The number of nitrogens with zero attached hydrogens (tertiary/aromatic N) is 5. The first-order chi connectivity index (χ1) is 12.9. The Morgan fingerprint density at radius 2 is 1.93 bits per heavy atom. The van der Waals surface area contributed by atoms with E-state index in [0.29, 0.717) is 19.0 Å². The van der Waals surface area contributed by atoms with Crippen molar-refractivity contribution in [2.24, 2.45) is 4.99 Å². The van der Waals surface area contributed by atoms with Gasteiger partial charge < -0.3 is 24.9 Å². The minimum atomic E-state index is -1.16. The highest BCUT2D eigenvalue weighted by Gasteiger charge is 2.54. The number of β-amino-alcohol motifs (C(OH)–C–C–N with tert-alkyl or cyclic N) is 1. The maximum atomic E-state index is 13.0. The second kappa shape index (κ2) is 6.50. The first kappa shape index (κ1) is 17.7. The molecular formula is C18H23N5O4. The van der Waals surface area contributed by atoms with Crippen LogP contribution in [0.3, 0.4) is 0 Å². The van der Waals surface area contributed by atoms with Crippen LogP contribution in [0.1, 0.15) is 5.56 Å². The molecule has 0 aromatic heterocycles. The van der Waals surface area contributed by atoms with E-state index < -0.39 is 30.9 Å². The van der Waals surface area contributed by atoms with E-state index in [1.54, 1.807) is 7.05 Å². The number of aliphatic hydroxyl groups excluding tert-OH is 2. The molecule has 2 N–H and O–H groups in total. The van der Waals surface area contributed by atoms with Gasteiger partial charge in [0.25, 0.3) is 5.91 Å². The monoisotopic (exact) mass is 373 g/mol. The van der Waals surface area contributed by atoms with Crippen molar-refractivity contribution in [2.75, 3.05) is 38.2 Å². The molecule has 3 unspecified atom stereocenters. The lowest BCUT2D eigenvalue weighted by atomic mass is 10.1. The molecule has 4 rings (SSSR count). The van der Waals surface area contributed by atoms with Gasteiger partial charge in [-0.2, -0.15) is 0 Å². The van der Waals surface area contributed by atoms with Crippen LogP contribution in [0.2, 0.25) is 0 Å². The molecule has 1 aromatic rings. The topological polar surface area (TPSA) is 99.9 Å². The Bertz CT molecular complexity index is 795. The Labute approximate surface area is 157 Å². The van der Waals surface area contributed by atoms with Gasteiger partial charge in [0, 0.05) is 25.8 Å². The molecule has 9 heteroatoms. The minimum Gasteiger partial charge on any atom is -0.394 e. The van der Waals surface area contributed by atoms with Crippen molar-refractivity contribution in [3.8, 4) is 0 Å². The number of hydrogen-bond donors (Lipinski definition) is 2. The molecule has 0 saturated carbocycles. The molecule has 0 spiro atoms. The molecule has 3 atom stereocenters. The van der Waals surface area contributed by atoms with Crippen LogP contribution in [0.5, 0.6) is 0 Å². The molecule has 2 saturated heterocycles. The maximum Gasteiger partial charge on any atom is 0.328 e. The van der Waals surface area contributed by atoms with Crippen LogP contribution in [-0.4, -0.2) is 94.4 Å². The van der Waals surface area contributed by atoms with Gasteiger partial charge in [-0.1, -0.05) is 17.7 Å². The zero-order chi connectivity index (χ0) is 19.3. The van der Waals surface area contributed by atoms with E-state index >= 15 is 0 Å². The number of benzene rings is 1. The molecule has 2 fully saturated rings. The lowest BCUT2D eigenvalue weighted by Crippen LogP contribution is -2.65. The van der Waals surface area contributed by atoms with Crippen molar-refractivity contribution in [1.82, 2.24) is 14.7 Å². The number of aliphatic imine (C=N–C) groups is 1. The van der Waals surface area contributed by atoms with Crippen molar-refractivity contribution >= 4 is 23.6 Å². The molecule has 3 amide bonds. The number of imide groups is 1. The Morgan fingerprint density at radius 1 is 1.22 bits per heavy atom. The largest absolute Gasteiger partial charge is 0.394 e. The molecule has 3 heterocycles. The number of likely N-dealkylation sites (N-methyl/N-ethyl adjacent to an activating group) is 1. The predicted octanol–water partition coefficient (Wildman–Crippen LogP) is -0.571. The fraction of sp³-hybridized carbons (Fsp3) is 0.500. The summed E-state index contributed by atoms with van der Waals surface area (Å²) in [4.78, 5) is 36.7. The van der Waals surface area contributed by atoms with Crippen molar-refractivity contribution < 1.29 is 19.8 Å². The SMILES string of the molecule is Cc1ccc(N2CCN3C2=NC2C3C(=O)N(CC(O)CO)C(=O)N2C)cc1. The van der Waals surface area contributed by atoms with Gasteiger partial charge in [-0.25, -0.2) is 9.79 Å². The van der Waals surface area contributed by atoms with Crippen LogP contribution in [-0.2, 0) is 4.79 Å². The maximum absolute atomic E-state index is 13.0. The first-order valence-electron chi connectivity index (χ1n) is 8.98. The van der Waals surface area contributed by atoms with Crippen LogP contribution in [0.15, 0.2) is 29.3 Å². The summed E-state index contributed by atoms with van der Waals surface area (Å²) in [5.74, 6) is 0.298. The number of amides is 3. The Morgan fingerprint density at radius 3 is 2.59 bits per heavy atom. The number of aliphatic hydroxyl groups is 2. The standard InChI is InChI=1S/C18H23N5O4/c1-11-3-5-12(6-4-11)21-7-8-22-14-15(19-17(21)22)20(2)18(27)23(16(14)26)9-13(25)10-24/h3-6,13-15,24-25H,7-10H2,1-2H3. The summed E-state index contributed by atoms with van der Waals surface area (Å²) in [5, 5.41) is 18.8. The van der Waals surface area contributed by atoms with Crippen LogP contribution in [0, 0.1) is 6.92 Å². The summed E-state index contributed by atoms with van der Waals surface area (Å²) in [6.45, 7) is 2.61. The number of guanidine groups is 1. The highest BCUT2D eigenvalue weighted by Crippen LogP contribution is 2.33. The summed E-state index contributed by atoms with van der Waals surface area (Å²) in [5.41, 5.74) is 2.16. The van der Waals surface area contributed by atoms with Crippen LogP contribution >= 0.6 is 0 Å². The summed E-state index contributed by atoms with van der Waals surface area (Å²) in [7, 11) is 1.60. The van der Waals surface area contributed by atoms with Gasteiger partial charge in [0.1, 0.15) is 0 Å². The minimum absolute atomic E-state index is 0.230. The van der Waals surface area contributed by atoms with E-state index in [1.165, 1.54) is 4.90 Å². The van der Waals surface area contributed by atoms with Gasteiger partial charge in [-0.05, 0) is 19.1 Å². The van der Waals surface area contributed by atoms with E-state index in [2.05, 4.69) is 9.89 Å². The number of aryl methyl sites for hydroxylation is 1. The van der Waals surface area contributed by atoms with E-state index in [1.807, 2.05) is 36.1 Å². The summed E-state index contributed by atoms with van der Waals surface area (Å²) >= 11 is 0. The Kier molecular flexibility index (Phi) is 4.27. The predicted molar refractivity (Wildman–Crippen MR) is 98.2 cm³/mol.